The Labute approximate surface area is 306 Å². The van der Waals surface area contributed by atoms with Crippen molar-refractivity contribution in [3.8, 4) is 11.3 Å². The summed E-state index contributed by atoms with van der Waals surface area (Å²) in [6, 6.07) is 9.92. The fraction of sp³-hybridized carbons (Fsp3) is 0.512. The second-order valence-electron chi connectivity index (χ2n) is 17.7. The van der Waals surface area contributed by atoms with Gasteiger partial charge in [-0.15, -0.1) is 5.10 Å². The van der Waals surface area contributed by atoms with Gasteiger partial charge in [-0.2, -0.15) is 0 Å². The van der Waals surface area contributed by atoms with Crippen LogP contribution >= 0.6 is 0 Å². The van der Waals surface area contributed by atoms with E-state index >= 15 is 8.63 Å². The van der Waals surface area contributed by atoms with Gasteiger partial charge in [0.2, 0.25) is 0 Å². The van der Waals surface area contributed by atoms with Crippen LogP contribution in [0.1, 0.15) is 94.7 Å². The van der Waals surface area contributed by atoms with E-state index in [1.54, 1.807) is 30.7 Å². The predicted molar refractivity (Wildman–Crippen MR) is 205 cm³/mol. The number of rotatable bonds is 6. The van der Waals surface area contributed by atoms with Crippen molar-refractivity contribution in [1.29, 1.82) is 0 Å². The van der Waals surface area contributed by atoms with E-state index in [1.165, 1.54) is 41.1 Å². The number of benzene rings is 1. The molecule has 0 radical (unpaired) electrons. The van der Waals surface area contributed by atoms with Crippen LogP contribution in [0, 0.1) is 54.3 Å². The average Bonchev–Trinajstić information content (AvgIpc) is 3.89. The molecule has 4 heterocycles. The minimum absolute atomic E-state index is 0.148. The number of aromatic nitrogens is 4. The van der Waals surface area contributed by atoms with E-state index in [9.17, 15) is 5.11 Å². The van der Waals surface area contributed by atoms with Gasteiger partial charge in [-0.3, -0.25) is 4.68 Å². The quantitative estimate of drug-likeness (QED) is 0.206. The van der Waals surface area contributed by atoms with Crippen molar-refractivity contribution < 1.29 is 18.2 Å². The lowest BCUT2D eigenvalue weighted by Crippen LogP contribution is -2.51. The van der Waals surface area contributed by atoms with Crippen molar-refractivity contribution in [2.45, 2.75) is 98.6 Å². The number of aliphatic hydroxyl groups is 1. The molecular weight excluding hydrogens is 651 g/mol. The first-order valence-electron chi connectivity index (χ1n) is 19.7. The largest absolute Gasteiger partial charge is 0.737 e. The molecule has 0 saturated heterocycles. The number of hydrogen-bond acceptors (Lipinski definition) is 3. The van der Waals surface area contributed by atoms with Gasteiger partial charge in [0.05, 0.1) is 12.3 Å². The topological polar surface area (TPSA) is 58.9 Å². The number of aryl methyl sites for hydroxylation is 2. The van der Waals surface area contributed by atoms with Gasteiger partial charge in [0.1, 0.15) is 5.69 Å². The summed E-state index contributed by atoms with van der Waals surface area (Å²) in [5.74, 6) is 3.49. The lowest BCUT2D eigenvalue weighted by molar-refractivity contribution is -0.360. The summed E-state index contributed by atoms with van der Waals surface area (Å²) < 4.78 is 36.1. The monoisotopic (exact) mass is 703 g/mol. The van der Waals surface area contributed by atoms with E-state index < -0.39 is 6.97 Å². The zero-order valence-corrected chi connectivity index (χ0v) is 31.3. The van der Waals surface area contributed by atoms with Crippen molar-refractivity contribution in [3.63, 3.8) is 0 Å². The molecule has 2 aliphatic heterocycles. The molecule has 3 saturated carbocycles. The van der Waals surface area contributed by atoms with Crippen LogP contribution in [0.2, 0.25) is 0 Å². The molecule has 0 spiro atoms. The van der Waals surface area contributed by atoms with Crippen LogP contribution in [0.15, 0.2) is 72.1 Å². The van der Waals surface area contributed by atoms with Crippen LogP contribution < -0.4 is 0 Å². The maximum Gasteiger partial charge on any atom is 0.737 e. The van der Waals surface area contributed by atoms with Crippen molar-refractivity contribution >= 4 is 24.8 Å². The van der Waals surface area contributed by atoms with Crippen LogP contribution in [0.25, 0.3) is 23.4 Å². The molecule has 52 heavy (non-hydrogen) atoms. The minimum atomic E-state index is -3.99. The molecule has 2 aromatic heterocycles. The van der Waals surface area contributed by atoms with Gasteiger partial charge in [0.25, 0.3) is 0 Å². The Balaban J connectivity index is 0.865. The summed E-state index contributed by atoms with van der Waals surface area (Å²) >= 11 is 0. The number of allylic oxidation sites excluding steroid dienone is 4. The first kappa shape index (κ1) is 34.0. The highest BCUT2D eigenvalue weighted by molar-refractivity contribution is 6.58. The Morgan fingerprint density at radius 3 is 2.65 bits per heavy atom. The Kier molecular flexibility index (Phi) is 7.89. The number of fused-ring (bicyclic) bond motifs is 7. The minimum Gasteiger partial charge on any atom is -0.394 e. The van der Waals surface area contributed by atoms with E-state index in [-0.39, 0.29) is 11.5 Å². The van der Waals surface area contributed by atoms with Crippen molar-refractivity contribution in [1.82, 2.24) is 19.5 Å². The van der Waals surface area contributed by atoms with E-state index in [1.807, 2.05) is 54.1 Å². The summed E-state index contributed by atoms with van der Waals surface area (Å²) in [5.41, 5.74) is 8.00. The first-order valence-corrected chi connectivity index (χ1v) is 19.7. The van der Waals surface area contributed by atoms with Gasteiger partial charge in [0.15, 0.2) is 11.4 Å². The maximum absolute atomic E-state index is 15.8. The molecular formula is C43H52BF2N5O. The van der Waals surface area contributed by atoms with Gasteiger partial charge in [-0.1, -0.05) is 61.9 Å². The average molecular weight is 704 g/mol. The van der Waals surface area contributed by atoms with Crippen molar-refractivity contribution in [2.24, 2.45) is 40.4 Å². The Hall–Kier alpha value is -3.85. The molecule has 3 fully saturated rings. The molecule has 272 valence electrons. The van der Waals surface area contributed by atoms with Crippen molar-refractivity contribution in [2.75, 3.05) is 0 Å². The lowest BCUT2D eigenvalue weighted by atomic mass is 9.47. The maximum atomic E-state index is 15.8. The molecule has 8 atom stereocenters. The highest BCUT2D eigenvalue weighted by atomic mass is 19.2. The van der Waals surface area contributed by atoms with Gasteiger partial charge in [-0.25, -0.2) is 0 Å². The van der Waals surface area contributed by atoms with E-state index in [0.717, 1.165) is 65.9 Å². The van der Waals surface area contributed by atoms with Gasteiger partial charge >= 0.3 is 6.97 Å². The Bertz CT molecular complexity index is 2090. The molecule has 0 amide bonds. The molecule has 0 unspecified atom stereocenters. The zero-order chi connectivity index (χ0) is 36.2. The van der Waals surface area contributed by atoms with Crippen molar-refractivity contribution in [3.05, 3.63) is 94.6 Å². The molecule has 6 aliphatic rings. The standard InChI is InChI=1S/C43H52BF2N5O/c1-27-22-29(3)50-41(27)24-34-14-13-33(51(34)44(50,45)46)12-8-30-6-9-31(10-7-30)40-26-49(48-47-40)25-28(2)37-16-17-38-36-15-11-32-23-35(52)18-20-42(32,4)39(36)19-21-43(37,38)5/h6-14,22,24,26,28,35-39,52H,15-21,23,25H2,1-5H3/b12-8+/t28-,35+,36+,37-,38+,39+,42+,43-/m1/s1. The summed E-state index contributed by atoms with van der Waals surface area (Å²) in [7, 11) is 0. The predicted octanol–water partition coefficient (Wildman–Crippen LogP) is 9.25. The summed E-state index contributed by atoms with van der Waals surface area (Å²) in [6.45, 7) is 8.05. The number of aliphatic hydroxyl groups excluding tert-OH is 1. The molecule has 6 nitrogen and oxygen atoms in total. The van der Waals surface area contributed by atoms with Gasteiger partial charge in [0, 0.05) is 42.1 Å². The molecule has 9 rings (SSSR count). The fourth-order valence-electron chi connectivity index (χ4n) is 12.3. The molecule has 0 bridgehead atoms. The second kappa shape index (κ2) is 12.1. The summed E-state index contributed by atoms with van der Waals surface area (Å²) in [6.07, 6.45) is 23.0. The lowest BCUT2D eigenvalue weighted by Gasteiger charge is -2.58. The van der Waals surface area contributed by atoms with Gasteiger partial charge in [-0.05, 0) is 135 Å². The first-order chi connectivity index (χ1) is 24.9. The van der Waals surface area contributed by atoms with Crippen LogP contribution in [-0.2, 0) is 6.54 Å². The normalized spacial score (nSPS) is 33.7. The molecule has 1 aromatic carbocycles. The van der Waals surface area contributed by atoms with E-state index in [4.69, 9.17) is 0 Å². The Morgan fingerprint density at radius 2 is 1.85 bits per heavy atom. The van der Waals surface area contributed by atoms with E-state index in [0.29, 0.717) is 40.0 Å². The third-order valence-corrected chi connectivity index (χ3v) is 14.9. The summed E-state index contributed by atoms with van der Waals surface area (Å²) in [5, 5.41) is 19.5. The van der Waals surface area contributed by atoms with Crippen LogP contribution in [0.5, 0.6) is 0 Å². The SMILES string of the molecule is Cc1cc(C)n2c1C=C1C=CC(/C=C/c3ccc(-c4cn(C[C@@H](C)[C@H]5CC[C@H]6[C@@H]7CC=C8C[C@@H](O)CC[C@]8(C)[C@H]7CC[C@]56C)nn4)cc3)=[N+]1[B-]2(F)F. The fourth-order valence-corrected chi connectivity index (χ4v) is 12.3. The second-order valence-corrected chi connectivity index (χ2v) is 17.7. The zero-order valence-electron chi connectivity index (χ0n) is 31.3. The van der Waals surface area contributed by atoms with Crippen LogP contribution in [0.4, 0.5) is 8.63 Å². The van der Waals surface area contributed by atoms with Crippen LogP contribution in [-0.4, -0.2) is 47.9 Å². The molecule has 3 aromatic rings. The molecule has 9 heteroatoms. The highest BCUT2D eigenvalue weighted by Crippen LogP contribution is 2.67. The summed E-state index contributed by atoms with van der Waals surface area (Å²) in [4.78, 5) is 0. The van der Waals surface area contributed by atoms with Crippen LogP contribution in [0.3, 0.4) is 0 Å². The highest BCUT2D eigenvalue weighted by Gasteiger charge is 2.59. The number of nitrogens with zero attached hydrogens (tertiary/aromatic N) is 5. The van der Waals surface area contributed by atoms with Gasteiger partial charge < -0.3 is 22.7 Å². The van der Waals surface area contributed by atoms with E-state index in [2.05, 4.69) is 43.4 Å². The molecule has 1 N–H and O–H groups in total. The number of halogens is 2. The smallest absolute Gasteiger partial charge is 0.394 e. The molecule has 4 aliphatic carbocycles. The number of hydrogen-bond donors (Lipinski definition) is 1. The Morgan fingerprint density at radius 1 is 1.04 bits per heavy atom. The third-order valence-electron chi connectivity index (χ3n) is 14.9. The third kappa shape index (κ3) is 5.15.